The first kappa shape index (κ1) is 11.4. The molecule has 4 nitrogen and oxygen atoms in total. The molecule has 0 bridgehead atoms. The van der Waals surface area contributed by atoms with Gasteiger partial charge in [-0.3, -0.25) is 20.4 Å². The van der Waals surface area contributed by atoms with Gasteiger partial charge in [0.2, 0.25) is 5.91 Å². The molecule has 0 unspecified atom stereocenters. The molecule has 84 valence electrons. The normalized spacial score (nSPS) is 14.3. The van der Waals surface area contributed by atoms with Crippen LogP contribution < -0.4 is 10.9 Å². The number of carbonyl (C=O) groups is 2. The molecule has 2 rings (SSSR count). The van der Waals surface area contributed by atoms with Gasteiger partial charge in [0.15, 0.2) is 0 Å². The summed E-state index contributed by atoms with van der Waals surface area (Å²) in [6, 6.07) is 7.22. The van der Waals surface area contributed by atoms with Crippen LogP contribution in [-0.4, -0.2) is 11.8 Å². The van der Waals surface area contributed by atoms with Gasteiger partial charge in [-0.05, 0) is 47.6 Å². The summed E-state index contributed by atoms with van der Waals surface area (Å²) >= 11 is 2.08. The Morgan fingerprint density at radius 2 is 1.88 bits per heavy atom. The van der Waals surface area contributed by atoms with Gasteiger partial charge in [0.25, 0.3) is 5.91 Å². The SMILES string of the molecule is O=C(NNC(=O)C1CC1)c1ccccc1I. The highest BCUT2D eigenvalue weighted by Crippen LogP contribution is 2.28. The zero-order chi connectivity index (χ0) is 11.5. The Hall–Kier alpha value is -1.11. The Bertz CT molecular complexity index is 430. The molecule has 0 spiro atoms. The molecule has 0 radical (unpaired) electrons. The molecule has 2 N–H and O–H groups in total. The smallest absolute Gasteiger partial charge is 0.270 e. The van der Waals surface area contributed by atoms with Gasteiger partial charge in [0.1, 0.15) is 0 Å². The quantitative estimate of drug-likeness (QED) is 0.637. The first-order valence-corrected chi connectivity index (χ1v) is 6.11. The van der Waals surface area contributed by atoms with E-state index in [9.17, 15) is 9.59 Å². The number of hydrazine groups is 1. The van der Waals surface area contributed by atoms with E-state index in [2.05, 4.69) is 33.4 Å². The molecular weight excluding hydrogens is 319 g/mol. The van der Waals surface area contributed by atoms with Gasteiger partial charge in [-0.2, -0.15) is 0 Å². The van der Waals surface area contributed by atoms with Crippen LogP contribution in [0.15, 0.2) is 24.3 Å². The largest absolute Gasteiger partial charge is 0.273 e. The maximum absolute atomic E-state index is 11.7. The zero-order valence-corrected chi connectivity index (χ0v) is 10.7. The van der Waals surface area contributed by atoms with Crippen molar-refractivity contribution in [1.29, 1.82) is 0 Å². The zero-order valence-electron chi connectivity index (χ0n) is 8.50. The van der Waals surface area contributed by atoms with Crippen molar-refractivity contribution in [2.24, 2.45) is 5.92 Å². The summed E-state index contributed by atoms with van der Waals surface area (Å²) in [6.07, 6.45) is 1.84. The van der Waals surface area contributed by atoms with Crippen LogP contribution in [0.4, 0.5) is 0 Å². The number of amides is 2. The second-order valence-electron chi connectivity index (χ2n) is 3.70. The van der Waals surface area contributed by atoms with E-state index in [4.69, 9.17) is 0 Å². The highest BCUT2D eigenvalue weighted by Gasteiger charge is 2.29. The lowest BCUT2D eigenvalue weighted by Gasteiger charge is -2.07. The van der Waals surface area contributed by atoms with Crippen molar-refractivity contribution in [2.75, 3.05) is 0 Å². The number of hydrogen-bond acceptors (Lipinski definition) is 2. The van der Waals surface area contributed by atoms with Gasteiger partial charge in [0.05, 0.1) is 5.56 Å². The van der Waals surface area contributed by atoms with E-state index in [-0.39, 0.29) is 17.7 Å². The molecule has 1 aliphatic rings. The Balaban J connectivity index is 1.92. The molecule has 1 saturated carbocycles. The minimum Gasteiger partial charge on any atom is -0.273 e. The number of nitrogens with one attached hydrogen (secondary N) is 2. The monoisotopic (exact) mass is 330 g/mol. The molecule has 0 aliphatic heterocycles. The van der Waals surface area contributed by atoms with Crippen molar-refractivity contribution in [2.45, 2.75) is 12.8 Å². The summed E-state index contributed by atoms with van der Waals surface area (Å²) < 4.78 is 0.860. The Labute approximate surface area is 107 Å². The van der Waals surface area contributed by atoms with Crippen LogP contribution in [-0.2, 0) is 4.79 Å². The average molecular weight is 330 g/mol. The van der Waals surface area contributed by atoms with Gasteiger partial charge in [-0.1, -0.05) is 12.1 Å². The predicted molar refractivity (Wildman–Crippen MR) is 67.5 cm³/mol. The van der Waals surface area contributed by atoms with Crippen LogP contribution in [0.5, 0.6) is 0 Å². The Morgan fingerprint density at radius 3 is 2.50 bits per heavy atom. The van der Waals surface area contributed by atoms with E-state index in [0.29, 0.717) is 5.56 Å². The third-order valence-corrected chi connectivity index (χ3v) is 3.31. The molecule has 1 aliphatic carbocycles. The summed E-state index contributed by atoms with van der Waals surface area (Å²) in [4.78, 5) is 23.0. The Morgan fingerprint density at radius 1 is 1.19 bits per heavy atom. The summed E-state index contributed by atoms with van der Waals surface area (Å²) in [5, 5.41) is 0. The van der Waals surface area contributed by atoms with Crippen LogP contribution in [0.25, 0.3) is 0 Å². The molecule has 16 heavy (non-hydrogen) atoms. The lowest BCUT2D eigenvalue weighted by atomic mass is 10.2. The summed E-state index contributed by atoms with van der Waals surface area (Å²) in [7, 11) is 0. The maximum atomic E-state index is 11.7. The molecule has 0 saturated heterocycles. The lowest BCUT2D eigenvalue weighted by molar-refractivity contribution is -0.123. The van der Waals surface area contributed by atoms with Crippen molar-refractivity contribution < 1.29 is 9.59 Å². The van der Waals surface area contributed by atoms with E-state index >= 15 is 0 Å². The predicted octanol–water partition coefficient (Wildman–Crippen LogP) is 1.46. The molecule has 0 heterocycles. The minimum atomic E-state index is -0.279. The van der Waals surface area contributed by atoms with Crippen molar-refractivity contribution in [3.05, 3.63) is 33.4 Å². The highest BCUT2D eigenvalue weighted by molar-refractivity contribution is 14.1. The number of benzene rings is 1. The van der Waals surface area contributed by atoms with Gasteiger partial charge in [-0.25, -0.2) is 0 Å². The van der Waals surface area contributed by atoms with E-state index in [1.165, 1.54) is 0 Å². The summed E-state index contributed by atoms with van der Waals surface area (Å²) in [5.74, 6) is -0.284. The topological polar surface area (TPSA) is 58.2 Å². The molecule has 0 aromatic heterocycles. The summed E-state index contributed by atoms with van der Waals surface area (Å²) in [6.45, 7) is 0. The molecular formula is C11H11IN2O2. The number of hydrogen-bond donors (Lipinski definition) is 2. The number of rotatable bonds is 2. The fourth-order valence-corrected chi connectivity index (χ4v) is 1.91. The van der Waals surface area contributed by atoms with Gasteiger partial charge in [-0.15, -0.1) is 0 Å². The molecule has 1 aromatic carbocycles. The minimum absolute atomic E-state index is 0.0927. The Kier molecular flexibility index (Phi) is 3.42. The average Bonchev–Trinajstić information content (AvgIpc) is 3.10. The lowest BCUT2D eigenvalue weighted by Crippen LogP contribution is -2.42. The van der Waals surface area contributed by atoms with E-state index in [1.807, 2.05) is 12.1 Å². The summed E-state index contributed by atoms with van der Waals surface area (Å²) in [5.41, 5.74) is 5.41. The third kappa shape index (κ3) is 2.72. The highest BCUT2D eigenvalue weighted by atomic mass is 127. The van der Waals surface area contributed by atoms with Crippen molar-refractivity contribution >= 4 is 34.4 Å². The third-order valence-electron chi connectivity index (χ3n) is 2.37. The van der Waals surface area contributed by atoms with E-state index in [1.54, 1.807) is 12.1 Å². The number of carbonyl (C=O) groups excluding carboxylic acids is 2. The van der Waals surface area contributed by atoms with Gasteiger partial charge in [0, 0.05) is 9.49 Å². The first-order chi connectivity index (χ1) is 7.68. The fourth-order valence-electron chi connectivity index (χ4n) is 1.28. The van der Waals surface area contributed by atoms with Crippen LogP contribution in [0, 0.1) is 9.49 Å². The van der Waals surface area contributed by atoms with Gasteiger partial charge >= 0.3 is 0 Å². The van der Waals surface area contributed by atoms with Crippen LogP contribution in [0.2, 0.25) is 0 Å². The van der Waals surface area contributed by atoms with Gasteiger partial charge < -0.3 is 0 Å². The van der Waals surface area contributed by atoms with E-state index < -0.39 is 0 Å². The molecule has 0 atom stereocenters. The second kappa shape index (κ2) is 4.82. The van der Waals surface area contributed by atoms with Crippen molar-refractivity contribution in [3.8, 4) is 0 Å². The molecule has 5 heteroatoms. The fraction of sp³-hybridized carbons (Fsp3) is 0.273. The molecule has 1 fully saturated rings. The molecule has 2 amide bonds. The van der Waals surface area contributed by atoms with Crippen molar-refractivity contribution in [3.63, 3.8) is 0 Å². The van der Waals surface area contributed by atoms with Crippen LogP contribution in [0.3, 0.4) is 0 Å². The maximum Gasteiger partial charge on any atom is 0.270 e. The first-order valence-electron chi connectivity index (χ1n) is 5.03. The number of halogens is 1. The molecule has 1 aromatic rings. The van der Waals surface area contributed by atoms with Crippen molar-refractivity contribution in [1.82, 2.24) is 10.9 Å². The second-order valence-corrected chi connectivity index (χ2v) is 4.86. The standard InChI is InChI=1S/C11H11IN2O2/c12-9-4-2-1-3-8(9)11(16)14-13-10(15)7-5-6-7/h1-4,7H,5-6H2,(H,13,15)(H,14,16). The van der Waals surface area contributed by atoms with Crippen LogP contribution in [0.1, 0.15) is 23.2 Å². The van der Waals surface area contributed by atoms with Crippen LogP contribution >= 0.6 is 22.6 Å². The van der Waals surface area contributed by atoms with E-state index in [0.717, 1.165) is 16.4 Å².